The standard InChI is InChI=1S/C13H16F3NO2S/c14-13(15,16)6-3-7-18-8-9-19-11-5-2-1-4-10(11)12(17)20/h1-2,4-5H,3,6-9H2,(H2,17,20). The van der Waals surface area contributed by atoms with Crippen LogP contribution in [0.4, 0.5) is 13.2 Å². The lowest BCUT2D eigenvalue weighted by atomic mass is 10.2. The number of hydrogen-bond acceptors (Lipinski definition) is 3. The first-order valence-electron chi connectivity index (χ1n) is 6.06. The first kappa shape index (κ1) is 16.7. The molecule has 3 nitrogen and oxygen atoms in total. The van der Waals surface area contributed by atoms with E-state index in [1.807, 2.05) is 0 Å². The van der Waals surface area contributed by atoms with Gasteiger partial charge in [-0.05, 0) is 18.6 Å². The molecule has 1 aromatic rings. The summed E-state index contributed by atoms with van der Waals surface area (Å²) in [4.78, 5) is 0.228. The molecule has 7 heteroatoms. The number of thiocarbonyl (C=S) groups is 1. The Morgan fingerprint density at radius 2 is 1.85 bits per heavy atom. The molecule has 0 fully saturated rings. The van der Waals surface area contributed by atoms with E-state index in [4.69, 9.17) is 27.4 Å². The third-order valence-electron chi connectivity index (χ3n) is 2.39. The molecule has 0 aromatic heterocycles. The first-order valence-corrected chi connectivity index (χ1v) is 6.47. The van der Waals surface area contributed by atoms with Crippen LogP contribution in [0.15, 0.2) is 24.3 Å². The lowest BCUT2D eigenvalue weighted by Crippen LogP contribution is -2.14. The summed E-state index contributed by atoms with van der Waals surface area (Å²) in [5, 5.41) is 0. The highest BCUT2D eigenvalue weighted by molar-refractivity contribution is 7.80. The third kappa shape index (κ3) is 6.72. The van der Waals surface area contributed by atoms with Gasteiger partial charge in [0.2, 0.25) is 0 Å². The Hall–Kier alpha value is -1.34. The summed E-state index contributed by atoms with van der Waals surface area (Å²) >= 11 is 4.88. The molecule has 1 rings (SSSR count). The van der Waals surface area contributed by atoms with Crippen molar-refractivity contribution in [3.8, 4) is 5.75 Å². The van der Waals surface area contributed by atoms with Gasteiger partial charge in [-0.2, -0.15) is 13.2 Å². The molecule has 1 aromatic carbocycles. The first-order chi connectivity index (χ1) is 9.40. The number of ether oxygens (including phenoxy) is 2. The van der Waals surface area contributed by atoms with Gasteiger partial charge < -0.3 is 15.2 Å². The Labute approximate surface area is 120 Å². The molecule has 112 valence electrons. The zero-order chi connectivity index (χ0) is 15.0. The van der Waals surface area contributed by atoms with Gasteiger partial charge in [-0.15, -0.1) is 0 Å². The highest BCUT2D eigenvalue weighted by atomic mass is 32.1. The zero-order valence-corrected chi connectivity index (χ0v) is 11.6. The summed E-state index contributed by atoms with van der Waals surface area (Å²) in [5.41, 5.74) is 6.16. The summed E-state index contributed by atoms with van der Waals surface area (Å²) in [6.07, 6.45) is -5.01. The second-order valence-electron chi connectivity index (χ2n) is 4.04. The monoisotopic (exact) mass is 307 g/mol. The normalized spacial score (nSPS) is 11.3. The second kappa shape index (κ2) is 8.06. The van der Waals surface area contributed by atoms with E-state index in [0.717, 1.165) is 0 Å². The summed E-state index contributed by atoms with van der Waals surface area (Å²) in [6, 6.07) is 7.02. The molecule has 0 aliphatic rings. The maximum absolute atomic E-state index is 11.9. The van der Waals surface area contributed by atoms with E-state index >= 15 is 0 Å². The van der Waals surface area contributed by atoms with Crippen LogP contribution in [0.2, 0.25) is 0 Å². The third-order valence-corrected chi connectivity index (χ3v) is 2.61. The van der Waals surface area contributed by atoms with Gasteiger partial charge in [0.05, 0.1) is 12.2 Å². The maximum Gasteiger partial charge on any atom is 0.389 e. The van der Waals surface area contributed by atoms with Crippen molar-refractivity contribution >= 4 is 17.2 Å². The minimum Gasteiger partial charge on any atom is -0.490 e. The predicted octanol–water partition coefficient (Wildman–Crippen LogP) is 3.06. The summed E-state index contributed by atoms with van der Waals surface area (Å²) in [7, 11) is 0. The molecular formula is C13H16F3NO2S. The van der Waals surface area contributed by atoms with Gasteiger partial charge in [0.15, 0.2) is 0 Å². The summed E-state index contributed by atoms with van der Waals surface area (Å²) in [5.74, 6) is 0.541. The SMILES string of the molecule is NC(=S)c1ccccc1OCCOCCCC(F)(F)F. The fourth-order valence-electron chi connectivity index (χ4n) is 1.48. The molecule has 0 saturated heterocycles. The highest BCUT2D eigenvalue weighted by Gasteiger charge is 2.25. The molecule has 0 heterocycles. The van der Waals surface area contributed by atoms with E-state index < -0.39 is 12.6 Å². The number of halogens is 3. The van der Waals surface area contributed by atoms with Gasteiger partial charge in [0, 0.05) is 13.0 Å². The van der Waals surface area contributed by atoms with Crippen molar-refractivity contribution in [1.29, 1.82) is 0 Å². The molecule has 0 saturated carbocycles. The van der Waals surface area contributed by atoms with Crippen molar-refractivity contribution in [3.05, 3.63) is 29.8 Å². The number of rotatable bonds is 8. The predicted molar refractivity (Wildman–Crippen MR) is 73.9 cm³/mol. The van der Waals surface area contributed by atoms with Gasteiger partial charge >= 0.3 is 6.18 Å². The van der Waals surface area contributed by atoms with E-state index in [0.29, 0.717) is 11.3 Å². The van der Waals surface area contributed by atoms with Gasteiger partial charge in [0.1, 0.15) is 17.3 Å². The van der Waals surface area contributed by atoms with Crippen LogP contribution in [-0.4, -0.2) is 31.0 Å². The van der Waals surface area contributed by atoms with Crippen LogP contribution in [0.1, 0.15) is 18.4 Å². The van der Waals surface area contributed by atoms with Crippen molar-refractivity contribution in [2.45, 2.75) is 19.0 Å². The van der Waals surface area contributed by atoms with Crippen LogP contribution in [0.5, 0.6) is 5.75 Å². The van der Waals surface area contributed by atoms with Gasteiger partial charge in [-0.1, -0.05) is 24.4 Å². The molecule has 0 atom stereocenters. The number of para-hydroxylation sites is 1. The Kier molecular flexibility index (Phi) is 6.74. The molecule has 0 amide bonds. The lowest BCUT2D eigenvalue weighted by Gasteiger charge is -2.11. The zero-order valence-electron chi connectivity index (χ0n) is 10.8. The van der Waals surface area contributed by atoms with Crippen molar-refractivity contribution in [2.75, 3.05) is 19.8 Å². The Bertz CT molecular complexity index is 438. The van der Waals surface area contributed by atoms with Crippen LogP contribution in [0, 0.1) is 0 Å². The fraction of sp³-hybridized carbons (Fsp3) is 0.462. The lowest BCUT2D eigenvalue weighted by molar-refractivity contribution is -0.138. The van der Waals surface area contributed by atoms with Crippen molar-refractivity contribution < 1.29 is 22.6 Å². The number of alkyl halides is 3. The van der Waals surface area contributed by atoms with Gasteiger partial charge in [-0.25, -0.2) is 0 Å². The largest absolute Gasteiger partial charge is 0.490 e. The van der Waals surface area contributed by atoms with Crippen LogP contribution >= 0.6 is 12.2 Å². The van der Waals surface area contributed by atoms with E-state index in [2.05, 4.69) is 0 Å². The molecule has 0 unspecified atom stereocenters. The van der Waals surface area contributed by atoms with Crippen molar-refractivity contribution in [3.63, 3.8) is 0 Å². The smallest absolute Gasteiger partial charge is 0.389 e. The molecule has 0 bridgehead atoms. The summed E-state index contributed by atoms with van der Waals surface area (Å²) < 4.78 is 46.1. The summed E-state index contributed by atoms with van der Waals surface area (Å²) in [6.45, 7) is 0.495. The molecule has 0 spiro atoms. The molecule has 0 aliphatic heterocycles. The topological polar surface area (TPSA) is 44.5 Å². The molecule has 2 N–H and O–H groups in total. The number of benzene rings is 1. The number of hydrogen-bond donors (Lipinski definition) is 1. The van der Waals surface area contributed by atoms with E-state index in [1.54, 1.807) is 24.3 Å². The van der Waals surface area contributed by atoms with Crippen molar-refractivity contribution in [1.82, 2.24) is 0 Å². The van der Waals surface area contributed by atoms with Gasteiger partial charge in [-0.3, -0.25) is 0 Å². The quantitative estimate of drug-likeness (QED) is 0.592. The van der Waals surface area contributed by atoms with Crippen LogP contribution in [-0.2, 0) is 4.74 Å². The van der Waals surface area contributed by atoms with E-state index in [9.17, 15) is 13.2 Å². The fourth-order valence-corrected chi connectivity index (χ4v) is 1.65. The molecule has 0 aliphatic carbocycles. The van der Waals surface area contributed by atoms with Gasteiger partial charge in [0.25, 0.3) is 0 Å². The Morgan fingerprint density at radius 3 is 2.50 bits per heavy atom. The van der Waals surface area contributed by atoms with E-state index in [1.165, 1.54) is 0 Å². The van der Waals surface area contributed by atoms with Crippen LogP contribution < -0.4 is 10.5 Å². The van der Waals surface area contributed by atoms with E-state index in [-0.39, 0.29) is 31.2 Å². The molecular weight excluding hydrogens is 291 g/mol. The molecule has 0 radical (unpaired) electrons. The highest BCUT2D eigenvalue weighted by Crippen LogP contribution is 2.21. The van der Waals surface area contributed by atoms with Crippen LogP contribution in [0.25, 0.3) is 0 Å². The molecule has 20 heavy (non-hydrogen) atoms. The Balaban J connectivity index is 2.20. The minimum atomic E-state index is -4.13. The maximum atomic E-state index is 11.9. The van der Waals surface area contributed by atoms with Crippen molar-refractivity contribution in [2.24, 2.45) is 5.73 Å². The van der Waals surface area contributed by atoms with Crippen LogP contribution in [0.3, 0.4) is 0 Å². The average molecular weight is 307 g/mol. The Morgan fingerprint density at radius 1 is 1.15 bits per heavy atom. The second-order valence-corrected chi connectivity index (χ2v) is 4.48. The minimum absolute atomic E-state index is 0.0486. The average Bonchev–Trinajstić information content (AvgIpc) is 2.36. The number of nitrogens with two attached hydrogens (primary N) is 1.